The van der Waals surface area contributed by atoms with E-state index in [0.29, 0.717) is 0 Å². The van der Waals surface area contributed by atoms with E-state index in [2.05, 4.69) is 29.4 Å². The van der Waals surface area contributed by atoms with Gasteiger partial charge >= 0.3 is 0 Å². The van der Waals surface area contributed by atoms with Gasteiger partial charge in [-0.05, 0) is 64.5 Å². The van der Waals surface area contributed by atoms with E-state index >= 15 is 0 Å². The van der Waals surface area contributed by atoms with E-state index in [1.165, 1.54) is 51.5 Å². The smallest absolute Gasteiger partial charge is 0.0111 e. The van der Waals surface area contributed by atoms with Gasteiger partial charge in [0.2, 0.25) is 0 Å². The first kappa shape index (κ1) is 11.7. The van der Waals surface area contributed by atoms with Crippen LogP contribution in [0.4, 0.5) is 0 Å². The van der Waals surface area contributed by atoms with Crippen molar-refractivity contribution in [2.24, 2.45) is 5.92 Å². The number of nitrogens with zero attached hydrogens (tertiary/aromatic N) is 1. The van der Waals surface area contributed by atoms with Crippen LogP contribution in [0.15, 0.2) is 12.2 Å². The summed E-state index contributed by atoms with van der Waals surface area (Å²) in [4.78, 5) is 2.63. The van der Waals surface area contributed by atoms with Crippen LogP contribution in [-0.2, 0) is 0 Å². The molecule has 2 saturated heterocycles. The van der Waals surface area contributed by atoms with Gasteiger partial charge in [0.15, 0.2) is 0 Å². The summed E-state index contributed by atoms with van der Waals surface area (Å²) in [7, 11) is 2.32. The van der Waals surface area contributed by atoms with E-state index in [-0.39, 0.29) is 0 Å². The average Bonchev–Trinajstić information content (AvgIpc) is 2.61. The minimum absolute atomic E-state index is 0.801. The molecule has 2 heterocycles. The summed E-state index contributed by atoms with van der Waals surface area (Å²) >= 11 is 0. The minimum atomic E-state index is 0.801. The molecule has 3 rings (SSSR count). The van der Waals surface area contributed by atoms with E-state index in [1.54, 1.807) is 0 Å². The number of rotatable bonds is 3. The molecule has 2 aliphatic heterocycles. The molecule has 96 valence electrons. The fourth-order valence-electron chi connectivity index (χ4n) is 3.95. The van der Waals surface area contributed by atoms with E-state index in [1.807, 2.05) is 0 Å². The van der Waals surface area contributed by atoms with Crippen molar-refractivity contribution in [2.75, 3.05) is 13.6 Å². The Bertz CT molecular complexity index is 273. The van der Waals surface area contributed by atoms with E-state index < -0.39 is 0 Å². The maximum atomic E-state index is 3.85. The summed E-state index contributed by atoms with van der Waals surface area (Å²) < 4.78 is 0. The molecule has 0 aromatic rings. The minimum Gasteiger partial charge on any atom is -0.314 e. The van der Waals surface area contributed by atoms with Gasteiger partial charge < -0.3 is 10.2 Å². The zero-order valence-corrected chi connectivity index (χ0v) is 11.1. The maximum absolute atomic E-state index is 3.85. The average molecular weight is 234 g/mol. The van der Waals surface area contributed by atoms with Crippen LogP contribution in [-0.4, -0.2) is 36.6 Å². The summed E-state index contributed by atoms with van der Waals surface area (Å²) in [5, 5.41) is 3.85. The van der Waals surface area contributed by atoms with Gasteiger partial charge in [-0.25, -0.2) is 0 Å². The molecule has 0 radical (unpaired) electrons. The third-order valence-electron chi connectivity index (χ3n) is 5.17. The van der Waals surface area contributed by atoms with Crippen LogP contribution in [0.3, 0.4) is 0 Å². The van der Waals surface area contributed by atoms with Gasteiger partial charge in [0.25, 0.3) is 0 Å². The van der Waals surface area contributed by atoms with Gasteiger partial charge in [0, 0.05) is 18.1 Å². The Hall–Kier alpha value is -0.340. The molecule has 2 heteroatoms. The summed E-state index contributed by atoms with van der Waals surface area (Å²) in [6, 6.07) is 2.55. The Balaban J connectivity index is 1.45. The lowest BCUT2D eigenvalue weighted by Crippen LogP contribution is -2.48. The van der Waals surface area contributed by atoms with Crippen LogP contribution in [0.1, 0.15) is 44.9 Å². The molecule has 2 bridgehead atoms. The fraction of sp³-hybridized carbons (Fsp3) is 0.867. The fourth-order valence-corrected chi connectivity index (χ4v) is 3.95. The predicted octanol–water partition coefficient (Wildman–Crippen LogP) is 2.56. The standard InChI is InChI=1S/C15H26N2/c1-17-14-7-8-15(17)10-13(9-14)16-11-12-5-3-2-4-6-12/h2-3,12-16H,4-11H2,1H3. The van der Waals surface area contributed by atoms with Crippen molar-refractivity contribution in [3.8, 4) is 0 Å². The molecule has 1 aliphatic carbocycles. The quantitative estimate of drug-likeness (QED) is 0.755. The van der Waals surface area contributed by atoms with Crippen molar-refractivity contribution in [3.63, 3.8) is 0 Å². The molecule has 3 unspecified atom stereocenters. The molecule has 17 heavy (non-hydrogen) atoms. The molecule has 1 N–H and O–H groups in total. The zero-order chi connectivity index (χ0) is 11.7. The Kier molecular flexibility index (Phi) is 3.53. The van der Waals surface area contributed by atoms with Crippen molar-refractivity contribution < 1.29 is 0 Å². The monoisotopic (exact) mass is 234 g/mol. The van der Waals surface area contributed by atoms with Gasteiger partial charge in [0.1, 0.15) is 0 Å². The third-order valence-corrected chi connectivity index (χ3v) is 5.17. The van der Waals surface area contributed by atoms with E-state index in [4.69, 9.17) is 0 Å². The second-order valence-corrected chi connectivity index (χ2v) is 6.28. The summed E-state index contributed by atoms with van der Waals surface area (Å²) in [5.41, 5.74) is 0. The lowest BCUT2D eigenvalue weighted by atomic mass is 9.92. The molecule has 0 spiro atoms. The largest absolute Gasteiger partial charge is 0.314 e. The Morgan fingerprint density at radius 1 is 1.12 bits per heavy atom. The lowest BCUT2D eigenvalue weighted by molar-refractivity contribution is 0.146. The van der Waals surface area contributed by atoms with Crippen molar-refractivity contribution in [3.05, 3.63) is 12.2 Å². The Morgan fingerprint density at radius 2 is 1.88 bits per heavy atom. The molecule has 2 nitrogen and oxygen atoms in total. The number of allylic oxidation sites excluding steroid dienone is 2. The van der Waals surface area contributed by atoms with Crippen molar-refractivity contribution >= 4 is 0 Å². The van der Waals surface area contributed by atoms with Crippen molar-refractivity contribution in [2.45, 2.75) is 63.1 Å². The van der Waals surface area contributed by atoms with Gasteiger partial charge in [-0.3, -0.25) is 0 Å². The first-order valence-corrected chi connectivity index (χ1v) is 7.43. The Labute approximate surface area is 105 Å². The molecule has 0 aromatic heterocycles. The Morgan fingerprint density at radius 3 is 2.53 bits per heavy atom. The van der Waals surface area contributed by atoms with Crippen LogP contribution in [0.2, 0.25) is 0 Å². The lowest BCUT2D eigenvalue weighted by Gasteiger charge is -2.37. The zero-order valence-electron chi connectivity index (χ0n) is 11.1. The van der Waals surface area contributed by atoms with Crippen molar-refractivity contribution in [1.82, 2.24) is 10.2 Å². The molecule has 0 saturated carbocycles. The summed E-state index contributed by atoms with van der Waals surface area (Å²) in [5.74, 6) is 0.900. The topological polar surface area (TPSA) is 15.3 Å². The van der Waals surface area contributed by atoms with Crippen LogP contribution in [0, 0.1) is 5.92 Å². The van der Waals surface area contributed by atoms with Crippen LogP contribution in [0.5, 0.6) is 0 Å². The summed E-state index contributed by atoms with van der Waals surface area (Å²) in [6.45, 7) is 1.25. The molecule has 3 atom stereocenters. The SMILES string of the molecule is CN1C2CCC1CC(NCC1CC=CCC1)C2. The second kappa shape index (κ2) is 5.11. The van der Waals surface area contributed by atoms with E-state index in [9.17, 15) is 0 Å². The molecular weight excluding hydrogens is 208 g/mol. The number of fused-ring (bicyclic) bond motifs is 2. The van der Waals surface area contributed by atoms with Crippen LogP contribution < -0.4 is 5.32 Å². The molecule has 0 amide bonds. The molecule has 2 fully saturated rings. The van der Waals surface area contributed by atoms with Crippen molar-refractivity contribution in [1.29, 1.82) is 0 Å². The first-order valence-electron chi connectivity index (χ1n) is 7.43. The highest BCUT2D eigenvalue weighted by atomic mass is 15.2. The maximum Gasteiger partial charge on any atom is 0.0111 e. The number of hydrogen-bond acceptors (Lipinski definition) is 2. The van der Waals surface area contributed by atoms with Gasteiger partial charge in [-0.1, -0.05) is 12.2 Å². The van der Waals surface area contributed by atoms with Gasteiger partial charge in [-0.2, -0.15) is 0 Å². The second-order valence-electron chi connectivity index (χ2n) is 6.28. The predicted molar refractivity (Wildman–Crippen MR) is 72.1 cm³/mol. The van der Waals surface area contributed by atoms with Crippen LogP contribution >= 0.6 is 0 Å². The first-order chi connectivity index (χ1) is 8.33. The highest BCUT2D eigenvalue weighted by Gasteiger charge is 2.38. The normalized spacial score (nSPS) is 41.9. The van der Waals surface area contributed by atoms with Crippen LogP contribution in [0.25, 0.3) is 0 Å². The number of hydrogen-bond donors (Lipinski definition) is 1. The molecular formula is C15H26N2. The summed E-state index contributed by atoms with van der Waals surface area (Å²) in [6.07, 6.45) is 14.3. The molecule has 3 aliphatic rings. The highest BCUT2D eigenvalue weighted by Crippen LogP contribution is 2.34. The van der Waals surface area contributed by atoms with Gasteiger partial charge in [0.05, 0.1) is 0 Å². The van der Waals surface area contributed by atoms with E-state index in [0.717, 1.165) is 24.0 Å². The highest BCUT2D eigenvalue weighted by molar-refractivity contribution is 4.97. The van der Waals surface area contributed by atoms with Gasteiger partial charge in [-0.15, -0.1) is 0 Å². The third kappa shape index (κ3) is 2.58. The number of piperidine rings is 1. The number of nitrogens with one attached hydrogen (secondary N) is 1. The molecule has 0 aromatic carbocycles.